The number of carbonyl (C=O) groups is 8. The number of ether oxygens (including phenoxy) is 4. The molecule has 0 aromatic heterocycles. The third kappa shape index (κ3) is 10.5. The number of aryl methyl sites for hydroxylation is 2. The molecule has 8 aromatic rings. The van der Waals surface area contributed by atoms with Crippen LogP contribution in [0.15, 0.2) is 228 Å². The Morgan fingerprint density at radius 1 is 0.316 bits per heavy atom. The molecule has 12 unspecified atom stereocenters. The second kappa shape index (κ2) is 23.9. The molecular formula is C79H66N4O14S. The van der Waals surface area contributed by atoms with Gasteiger partial charge in [0, 0.05) is 55.3 Å². The highest BCUT2D eigenvalue weighted by Crippen LogP contribution is 2.60. The Bertz CT molecular complexity index is 4420. The summed E-state index contributed by atoms with van der Waals surface area (Å²) in [6.45, 7) is 8.61. The van der Waals surface area contributed by atoms with Gasteiger partial charge >= 0.3 is 0 Å². The first-order valence-electron chi connectivity index (χ1n) is 32.5. The van der Waals surface area contributed by atoms with Gasteiger partial charge in [0.05, 0.1) is 68.5 Å². The number of benzene rings is 8. The van der Waals surface area contributed by atoms with E-state index in [1.807, 2.05) is 48.5 Å². The molecule has 0 radical (unpaired) electrons. The second-order valence-corrected chi connectivity index (χ2v) is 28.9. The maximum Gasteiger partial charge on any atom is 0.238 e. The largest absolute Gasteiger partial charge is 0.457 e. The molecule has 98 heavy (non-hydrogen) atoms. The SMILES string of the molecule is CN1C(=O)C2C3C=CC(C2C1=O)C1C(=O)N(c2cccc(Oc4ccc(S(=O)(=O)c5ccc(Oc6cccc(N7C(=O)C8C9C=CC(C%10C(=O)N(C)C(=O)C9%10)C8C7=O)c6)cc5)cc4)c2)C(=O)C31.Cc1ccc(Oc2ccc(C(C)(C)c3ccc(Oc4ccc(C)cc4)cc3)cc2)cc1. The molecule has 4 heterocycles. The van der Waals surface area contributed by atoms with Gasteiger partial charge in [0.15, 0.2) is 0 Å². The molecule has 8 aromatic carbocycles. The number of imide groups is 4. The molecule has 10 aliphatic rings. The first-order chi connectivity index (χ1) is 47.0. The zero-order valence-corrected chi connectivity index (χ0v) is 54.9. The molecule has 492 valence electrons. The quantitative estimate of drug-likeness (QED) is 0.0730. The lowest BCUT2D eigenvalue weighted by Crippen LogP contribution is -2.50. The van der Waals surface area contributed by atoms with Crippen molar-refractivity contribution in [1.29, 1.82) is 0 Å². The minimum atomic E-state index is -4.01. The first-order valence-corrected chi connectivity index (χ1v) is 34.0. The van der Waals surface area contributed by atoms with Gasteiger partial charge in [-0.2, -0.15) is 0 Å². The molecule has 18 nitrogen and oxygen atoms in total. The fourth-order valence-corrected chi connectivity index (χ4v) is 17.2. The Labute approximate surface area is 565 Å². The average Bonchev–Trinajstić information content (AvgIpc) is 1.54. The predicted molar refractivity (Wildman–Crippen MR) is 360 cm³/mol. The van der Waals surface area contributed by atoms with E-state index in [0.717, 1.165) is 42.6 Å². The van der Waals surface area contributed by atoms with Crippen molar-refractivity contribution >= 4 is 68.5 Å². The van der Waals surface area contributed by atoms with Crippen molar-refractivity contribution in [2.45, 2.75) is 42.9 Å². The summed E-state index contributed by atoms with van der Waals surface area (Å²) in [7, 11) is -1.14. The monoisotopic (exact) mass is 1330 g/mol. The van der Waals surface area contributed by atoms with Gasteiger partial charge in [-0.1, -0.05) is 110 Å². The van der Waals surface area contributed by atoms with Crippen LogP contribution >= 0.6 is 0 Å². The van der Waals surface area contributed by atoms with Crippen LogP contribution < -0.4 is 28.7 Å². The molecule has 6 aliphatic carbocycles. The Balaban J connectivity index is 0.000000212. The number of hydrogen-bond acceptors (Lipinski definition) is 14. The number of allylic oxidation sites excluding steroid dienone is 4. The van der Waals surface area contributed by atoms with Crippen molar-refractivity contribution in [3.8, 4) is 46.0 Å². The Hall–Kier alpha value is -11.1. The van der Waals surface area contributed by atoms with Gasteiger partial charge in [-0.25, -0.2) is 18.2 Å². The van der Waals surface area contributed by atoms with E-state index in [-0.39, 0.29) is 73.2 Å². The highest BCUT2D eigenvalue weighted by atomic mass is 32.2. The number of nitrogens with zero attached hydrogens (tertiary/aromatic N) is 4. The molecule has 18 rings (SSSR count). The number of carbonyl (C=O) groups excluding carboxylic acids is 8. The summed E-state index contributed by atoms with van der Waals surface area (Å²) in [5, 5.41) is 0. The molecule has 12 atom stereocenters. The van der Waals surface area contributed by atoms with Crippen molar-refractivity contribution in [3.05, 3.63) is 241 Å². The third-order valence-corrected chi connectivity index (χ3v) is 22.8. The van der Waals surface area contributed by atoms with E-state index >= 15 is 0 Å². The number of sulfone groups is 1. The van der Waals surface area contributed by atoms with Gasteiger partial charge in [-0.05, 0) is 146 Å². The van der Waals surface area contributed by atoms with E-state index in [1.54, 1.807) is 60.7 Å². The van der Waals surface area contributed by atoms with Crippen LogP contribution in [-0.4, -0.2) is 79.6 Å². The molecule has 8 amide bonds. The summed E-state index contributed by atoms with van der Waals surface area (Å²) in [6.07, 6.45) is 7.22. The van der Waals surface area contributed by atoms with E-state index in [9.17, 15) is 46.8 Å². The third-order valence-electron chi connectivity index (χ3n) is 21.0. The highest BCUT2D eigenvalue weighted by molar-refractivity contribution is 7.91. The number of amides is 8. The lowest BCUT2D eigenvalue weighted by molar-refractivity contribution is -0.140. The molecule has 4 bridgehead atoms. The molecule has 0 N–H and O–H groups in total. The van der Waals surface area contributed by atoms with Crippen LogP contribution in [0, 0.1) is 84.9 Å². The van der Waals surface area contributed by atoms with Crippen molar-refractivity contribution in [3.63, 3.8) is 0 Å². The number of likely N-dealkylation sites (tertiary alicyclic amines) is 2. The van der Waals surface area contributed by atoms with Gasteiger partial charge in [-0.15, -0.1) is 0 Å². The number of rotatable bonds is 14. The Morgan fingerprint density at radius 2 is 0.561 bits per heavy atom. The average molecular weight is 1330 g/mol. The van der Waals surface area contributed by atoms with Crippen molar-refractivity contribution in [2.24, 2.45) is 71.0 Å². The summed E-state index contributed by atoms with van der Waals surface area (Å²) >= 11 is 0. The van der Waals surface area contributed by atoms with E-state index < -0.39 is 104 Å². The predicted octanol–water partition coefficient (Wildman–Crippen LogP) is 12.6. The van der Waals surface area contributed by atoms with E-state index in [2.05, 4.69) is 76.2 Å². The maximum atomic E-state index is 13.9. The minimum Gasteiger partial charge on any atom is -0.457 e. The molecule has 6 fully saturated rings. The van der Waals surface area contributed by atoms with Gasteiger partial charge in [0.1, 0.15) is 46.0 Å². The van der Waals surface area contributed by atoms with E-state index in [0.29, 0.717) is 0 Å². The maximum absolute atomic E-state index is 13.9. The molecule has 4 saturated heterocycles. The highest BCUT2D eigenvalue weighted by Gasteiger charge is 2.70. The lowest BCUT2D eigenvalue weighted by Gasteiger charge is -2.44. The molecule has 19 heteroatoms. The van der Waals surface area contributed by atoms with Crippen LogP contribution in [0.5, 0.6) is 46.0 Å². The number of anilines is 2. The second-order valence-electron chi connectivity index (χ2n) is 26.9. The van der Waals surface area contributed by atoms with Crippen molar-refractivity contribution in [2.75, 3.05) is 23.9 Å². The Morgan fingerprint density at radius 3 is 0.847 bits per heavy atom. The first kappa shape index (κ1) is 63.0. The molecule has 2 saturated carbocycles. The van der Waals surface area contributed by atoms with Crippen LogP contribution in [0.3, 0.4) is 0 Å². The van der Waals surface area contributed by atoms with Gasteiger partial charge in [-0.3, -0.25) is 48.2 Å². The van der Waals surface area contributed by atoms with Crippen molar-refractivity contribution < 1.29 is 65.7 Å². The summed E-state index contributed by atoms with van der Waals surface area (Å²) in [6, 6.07) is 57.1. The van der Waals surface area contributed by atoms with Crippen LogP contribution in [0.1, 0.15) is 36.1 Å². The van der Waals surface area contributed by atoms with Gasteiger partial charge in [0.25, 0.3) is 0 Å². The Kier molecular flexibility index (Phi) is 15.4. The van der Waals surface area contributed by atoms with Crippen LogP contribution in [0.4, 0.5) is 11.4 Å². The van der Waals surface area contributed by atoms with Crippen LogP contribution in [0.25, 0.3) is 0 Å². The van der Waals surface area contributed by atoms with E-state index in [1.165, 1.54) is 97.0 Å². The van der Waals surface area contributed by atoms with Gasteiger partial charge < -0.3 is 18.9 Å². The normalized spacial score (nSPS) is 25.5. The molecule has 4 aliphatic heterocycles. The van der Waals surface area contributed by atoms with E-state index in [4.69, 9.17) is 18.9 Å². The number of hydrogen-bond donors (Lipinski definition) is 0. The molecule has 0 spiro atoms. The minimum absolute atomic E-state index is 0.0180. The zero-order chi connectivity index (χ0) is 68.4. The van der Waals surface area contributed by atoms with Crippen molar-refractivity contribution in [1.82, 2.24) is 9.80 Å². The summed E-state index contributed by atoms with van der Waals surface area (Å²) in [5.41, 5.74) is 5.32. The fourth-order valence-electron chi connectivity index (χ4n) is 15.9. The fraction of sp³-hybridized carbons (Fsp3) is 0.241. The van der Waals surface area contributed by atoms with Crippen LogP contribution in [0.2, 0.25) is 0 Å². The zero-order valence-electron chi connectivity index (χ0n) is 54.1. The summed E-state index contributed by atoms with van der Waals surface area (Å²) < 4.78 is 51.5. The lowest BCUT2D eigenvalue weighted by atomic mass is 9.54. The summed E-state index contributed by atoms with van der Waals surface area (Å²) in [5.74, 6) is -6.56. The smallest absolute Gasteiger partial charge is 0.238 e. The topological polar surface area (TPSA) is 221 Å². The molecular weight excluding hydrogens is 1260 g/mol. The standard InChI is InChI=1S/C50H38N4O12S.C29H28O2/c1-51-43(55)35-31-17-18-32(36(35)44(51)56)40-39(31)47(59)53(48(40)60)23-5-3-7-27(21-23)65-25-9-13-29(14-10-25)67(63,64)30-15-11-26(12-16-30)66-28-8-4-6-24(22-28)54-49(61)41-33-19-20-34(42(41)50(54)62)38-37(33)45(57)52(2)46(38)58;1-21-5-13-25(14-6-21)30-27-17-9-23(10-18-27)29(3,4)24-11-19-28(20-12-24)31-26-15-7-22(2)8-16-26/h3-22,31-42H,1-2H3;5-20H,1-4H3. The summed E-state index contributed by atoms with van der Waals surface area (Å²) in [4.78, 5) is 112. The van der Waals surface area contributed by atoms with Gasteiger partial charge in [0.2, 0.25) is 57.1 Å². The van der Waals surface area contributed by atoms with Crippen LogP contribution in [-0.2, 0) is 53.6 Å².